The van der Waals surface area contributed by atoms with Crippen molar-refractivity contribution in [1.29, 1.82) is 0 Å². The average Bonchev–Trinajstić information content (AvgIpc) is 2.99. The van der Waals surface area contributed by atoms with Crippen LogP contribution in [-0.4, -0.2) is 33.7 Å². The Hall–Kier alpha value is -1.79. The quantitative estimate of drug-likeness (QED) is 0.820. The molecule has 2 rings (SSSR count). The van der Waals surface area contributed by atoms with E-state index in [-0.39, 0.29) is 5.91 Å². The summed E-state index contributed by atoms with van der Waals surface area (Å²) in [6, 6.07) is 9.11. The Labute approximate surface area is 128 Å². The molecule has 1 aromatic heterocycles. The molecule has 1 amide bonds. The van der Waals surface area contributed by atoms with Crippen molar-refractivity contribution in [2.24, 2.45) is 5.73 Å². The number of carbonyl (C=O) groups excluding carboxylic acids is 1. The van der Waals surface area contributed by atoms with Gasteiger partial charge in [0, 0.05) is 18.1 Å². The molecule has 0 aliphatic carbocycles. The van der Waals surface area contributed by atoms with E-state index < -0.39 is 6.04 Å². The second-order valence-corrected chi connectivity index (χ2v) is 5.72. The molecule has 0 aliphatic heterocycles. The number of nitrogens with one attached hydrogen (secondary N) is 1. The minimum Gasteiger partial charge on any atom is -0.324 e. The number of carbonyl (C=O) groups is 1. The van der Waals surface area contributed by atoms with Gasteiger partial charge in [-0.1, -0.05) is 18.2 Å². The third-order valence-corrected chi connectivity index (χ3v) is 3.78. The number of amides is 1. The Morgan fingerprint density at radius 1 is 1.43 bits per heavy atom. The smallest absolute Gasteiger partial charge is 0.241 e. The van der Waals surface area contributed by atoms with E-state index >= 15 is 0 Å². The lowest BCUT2D eigenvalue weighted by Crippen LogP contribution is -2.36. The normalized spacial score (nSPS) is 12.1. The van der Waals surface area contributed by atoms with Crippen LogP contribution in [-0.2, 0) is 11.3 Å². The molecule has 1 atom stereocenters. The molecule has 2 aromatic rings. The first kappa shape index (κ1) is 15.6. The number of nitrogens with zero attached hydrogens (tertiary/aromatic N) is 2. The molecule has 0 saturated heterocycles. The van der Waals surface area contributed by atoms with E-state index in [0.717, 1.165) is 17.0 Å². The van der Waals surface area contributed by atoms with Gasteiger partial charge in [0.2, 0.25) is 5.91 Å². The van der Waals surface area contributed by atoms with E-state index in [2.05, 4.69) is 10.4 Å². The van der Waals surface area contributed by atoms with E-state index in [1.807, 2.05) is 47.5 Å². The molecule has 1 aromatic carbocycles. The molecule has 0 radical (unpaired) electrons. The molecule has 0 fully saturated rings. The summed E-state index contributed by atoms with van der Waals surface area (Å²) in [6.45, 7) is 0.615. The lowest BCUT2D eigenvalue weighted by molar-refractivity contribution is -0.117. The Morgan fingerprint density at radius 3 is 2.95 bits per heavy atom. The van der Waals surface area contributed by atoms with Crippen LogP contribution in [0.2, 0.25) is 0 Å². The maximum Gasteiger partial charge on any atom is 0.241 e. The predicted molar refractivity (Wildman–Crippen MR) is 87.4 cm³/mol. The Bertz CT molecular complexity index is 571. The zero-order valence-electron chi connectivity index (χ0n) is 12.0. The number of benzene rings is 1. The molecular formula is C15H20N4OS. The van der Waals surface area contributed by atoms with Crippen LogP contribution in [0.1, 0.15) is 12.0 Å². The fourth-order valence-electron chi connectivity index (χ4n) is 1.95. The van der Waals surface area contributed by atoms with Crippen molar-refractivity contribution in [3.8, 4) is 0 Å². The number of anilines is 1. The Morgan fingerprint density at radius 2 is 2.24 bits per heavy atom. The van der Waals surface area contributed by atoms with Gasteiger partial charge in [0.25, 0.3) is 0 Å². The SMILES string of the molecule is CSCC[C@@H](N)C(=O)Nc1ccccc1Cn1cccn1. The van der Waals surface area contributed by atoms with Crippen molar-refractivity contribution < 1.29 is 4.79 Å². The predicted octanol–water partition coefficient (Wildman–Crippen LogP) is 1.95. The minimum atomic E-state index is -0.477. The maximum absolute atomic E-state index is 12.1. The maximum atomic E-state index is 12.1. The van der Waals surface area contributed by atoms with E-state index in [9.17, 15) is 4.79 Å². The standard InChI is InChI=1S/C15H20N4OS/c1-21-10-7-13(16)15(20)18-14-6-3-2-5-12(14)11-19-9-4-8-17-19/h2-6,8-9,13H,7,10-11,16H2,1H3,(H,18,20)/t13-/m1/s1. The van der Waals surface area contributed by atoms with Gasteiger partial charge in [-0.15, -0.1) is 0 Å². The van der Waals surface area contributed by atoms with Gasteiger partial charge in [-0.3, -0.25) is 9.48 Å². The van der Waals surface area contributed by atoms with Crippen molar-refractivity contribution >= 4 is 23.4 Å². The average molecular weight is 304 g/mol. The van der Waals surface area contributed by atoms with Crippen LogP contribution in [0.25, 0.3) is 0 Å². The van der Waals surface area contributed by atoms with Gasteiger partial charge >= 0.3 is 0 Å². The zero-order valence-corrected chi connectivity index (χ0v) is 12.8. The summed E-state index contributed by atoms with van der Waals surface area (Å²) < 4.78 is 1.82. The highest BCUT2D eigenvalue weighted by Gasteiger charge is 2.14. The van der Waals surface area contributed by atoms with Crippen LogP contribution < -0.4 is 11.1 Å². The van der Waals surface area contributed by atoms with Crippen LogP contribution in [0.5, 0.6) is 0 Å². The van der Waals surface area contributed by atoms with E-state index in [4.69, 9.17) is 5.73 Å². The van der Waals surface area contributed by atoms with Crippen LogP contribution in [0.3, 0.4) is 0 Å². The second-order valence-electron chi connectivity index (χ2n) is 4.74. The lowest BCUT2D eigenvalue weighted by Gasteiger charge is -2.14. The summed E-state index contributed by atoms with van der Waals surface area (Å²) in [7, 11) is 0. The molecule has 0 unspecified atom stereocenters. The molecule has 21 heavy (non-hydrogen) atoms. The van der Waals surface area contributed by atoms with Crippen molar-refractivity contribution in [2.75, 3.05) is 17.3 Å². The highest BCUT2D eigenvalue weighted by Crippen LogP contribution is 2.16. The molecule has 5 nitrogen and oxygen atoms in total. The Kier molecular flexibility index (Phi) is 5.83. The lowest BCUT2D eigenvalue weighted by atomic mass is 10.1. The first-order chi connectivity index (χ1) is 10.2. The van der Waals surface area contributed by atoms with Gasteiger partial charge in [0.1, 0.15) is 0 Å². The van der Waals surface area contributed by atoms with E-state index in [1.54, 1.807) is 18.0 Å². The molecule has 1 heterocycles. The number of para-hydroxylation sites is 1. The van der Waals surface area contributed by atoms with Gasteiger partial charge in [0.15, 0.2) is 0 Å². The van der Waals surface area contributed by atoms with Crippen LogP contribution in [0, 0.1) is 0 Å². The summed E-state index contributed by atoms with van der Waals surface area (Å²) in [4.78, 5) is 12.1. The number of nitrogens with two attached hydrogens (primary N) is 1. The monoisotopic (exact) mass is 304 g/mol. The summed E-state index contributed by atoms with van der Waals surface area (Å²) in [5.74, 6) is 0.737. The minimum absolute atomic E-state index is 0.142. The fourth-order valence-corrected chi connectivity index (χ4v) is 2.44. The third-order valence-electron chi connectivity index (χ3n) is 3.14. The molecular weight excluding hydrogens is 284 g/mol. The first-order valence-corrected chi connectivity index (χ1v) is 8.21. The van der Waals surface area contributed by atoms with Crippen molar-refractivity contribution in [3.63, 3.8) is 0 Å². The summed E-state index contributed by atoms with van der Waals surface area (Å²) in [5.41, 5.74) is 7.69. The van der Waals surface area contributed by atoms with E-state index in [0.29, 0.717) is 13.0 Å². The highest BCUT2D eigenvalue weighted by molar-refractivity contribution is 7.98. The van der Waals surface area contributed by atoms with Crippen molar-refractivity contribution in [1.82, 2.24) is 9.78 Å². The van der Waals surface area contributed by atoms with Gasteiger partial charge < -0.3 is 11.1 Å². The number of hydrogen-bond acceptors (Lipinski definition) is 4. The van der Waals surface area contributed by atoms with Crippen LogP contribution in [0.4, 0.5) is 5.69 Å². The number of thioether (sulfide) groups is 1. The molecule has 0 aliphatic rings. The zero-order chi connectivity index (χ0) is 15.1. The molecule has 0 bridgehead atoms. The van der Waals surface area contributed by atoms with Gasteiger partial charge in [-0.25, -0.2) is 0 Å². The Balaban J connectivity index is 2.04. The van der Waals surface area contributed by atoms with Crippen molar-refractivity contribution in [3.05, 3.63) is 48.3 Å². The molecule has 0 saturated carbocycles. The molecule has 3 N–H and O–H groups in total. The number of hydrogen-bond donors (Lipinski definition) is 2. The van der Waals surface area contributed by atoms with Gasteiger partial charge in [0.05, 0.1) is 12.6 Å². The second kappa shape index (κ2) is 7.85. The van der Waals surface area contributed by atoms with Gasteiger partial charge in [-0.2, -0.15) is 16.9 Å². The van der Waals surface area contributed by atoms with Crippen molar-refractivity contribution in [2.45, 2.75) is 19.0 Å². The largest absolute Gasteiger partial charge is 0.324 e. The van der Waals surface area contributed by atoms with Crippen LogP contribution >= 0.6 is 11.8 Å². The molecule has 0 spiro atoms. The molecule has 6 heteroatoms. The first-order valence-electron chi connectivity index (χ1n) is 6.81. The number of rotatable bonds is 7. The highest BCUT2D eigenvalue weighted by atomic mass is 32.2. The van der Waals surface area contributed by atoms with Gasteiger partial charge in [-0.05, 0) is 36.1 Å². The van der Waals surface area contributed by atoms with Crippen LogP contribution in [0.15, 0.2) is 42.7 Å². The summed E-state index contributed by atoms with van der Waals surface area (Å²) in [6.07, 6.45) is 6.31. The molecule has 112 valence electrons. The fraction of sp³-hybridized carbons (Fsp3) is 0.333. The topological polar surface area (TPSA) is 72.9 Å². The number of aromatic nitrogens is 2. The summed E-state index contributed by atoms with van der Waals surface area (Å²) >= 11 is 1.69. The van der Waals surface area contributed by atoms with E-state index in [1.165, 1.54) is 0 Å². The summed E-state index contributed by atoms with van der Waals surface area (Å²) in [5, 5.41) is 7.10. The third kappa shape index (κ3) is 4.61.